The van der Waals surface area contributed by atoms with Crippen molar-refractivity contribution in [3.05, 3.63) is 0 Å². The Morgan fingerprint density at radius 2 is 1.61 bits per heavy atom. The minimum absolute atomic E-state index is 0.441. The molecule has 0 bridgehead atoms. The van der Waals surface area contributed by atoms with E-state index < -0.39 is 0 Å². The highest BCUT2D eigenvalue weighted by Crippen LogP contribution is 2.36. The van der Waals surface area contributed by atoms with Crippen molar-refractivity contribution < 1.29 is 4.79 Å². The first-order valence-corrected chi connectivity index (χ1v) is 7.81. The molecule has 1 aliphatic carbocycles. The van der Waals surface area contributed by atoms with E-state index in [4.69, 9.17) is 0 Å². The largest absolute Gasteiger partial charge is 0.342 e. The van der Waals surface area contributed by atoms with Crippen molar-refractivity contribution in [3.63, 3.8) is 0 Å². The number of nitrogens with zero attached hydrogens (tertiary/aromatic N) is 1. The number of rotatable bonds is 2. The van der Waals surface area contributed by atoms with E-state index in [1.807, 2.05) is 0 Å². The van der Waals surface area contributed by atoms with Gasteiger partial charge in [0, 0.05) is 19.5 Å². The molecule has 2 unspecified atom stereocenters. The third-order valence-corrected chi connectivity index (χ3v) is 5.25. The fourth-order valence-corrected chi connectivity index (χ4v) is 4.07. The van der Waals surface area contributed by atoms with E-state index in [-0.39, 0.29) is 0 Å². The van der Waals surface area contributed by atoms with Gasteiger partial charge in [0.05, 0.1) is 0 Å². The van der Waals surface area contributed by atoms with Crippen LogP contribution in [0, 0.1) is 17.8 Å². The van der Waals surface area contributed by atoms with Crippen LogP contribution >= 0.6 is 0 Å². The van der Waals surface area contributed by atoms with Gasteiger partial charge < -0.3 is 10.2 Å². The van der Waals surface area contributed by atoms with Crippen LogP contribution in [0.25, 0.3) is 0 Å². The molecular formula is C15H26N2O. The first kappa shape index (κ1) is 12.5. The van der Waals surface area contributed by atoms with Crippen LogP contribution in [-0.2, 0) is 4.79 Å². The van der Waals surface area contributed by atoms with Crippen molar-refractivity contribution in [3.8, 4) is 0 Å². The van der Waals surface area contributed by atoms with Crippen molar-refractivity contribution in [2.24, 2.45) is 17.8 Å². The zero-order valence-corrected chi connectivity index (χ0v) is 11.4. The van der Waals surface area contributed by atoms with Gasteiger partial charge in [-0.1, -0.05) is 12.8 Å². The molecule has 3 fully saturated rings. The maximum Gasteiger partial charge on any atom is 0.222 e. The van der Waals surface area contributed by atoms with Crippen LogP contribution in [0.1, 0.15) is 44.9 Å². The van der Waals surface area contributed by atoms with Crippen LogP contribution in [0.15, 0.2) is 0 Å². The summed E-state index contributed by atoms with van der Waals surface area (Å²) < 4.78 is 0. The molecule has 1 amide bonds. The average Bonchev–Trinajstić information content (AvgIpc) is 2.84. The fraction of sp³-hybridized carbons (Fsp3) is 0.933. The molecule has 2 atom stereocenters. The highest BCUT2D eigenvalue weighted by Gasteiger charge is 2.36. The lowest BCUT2D eigenvalue weighted by Gasteiger charge is -2.24. The number of piperidine rings is 1. The highest BCUT2D eigenvalue weighted by molar-refractivity contribution is 5.76. The number of likely N-dealkylation sites (tertiary alicyclic amines) is 1. The summed E-state index contributed by atoms with van der Waals surface area (Å²) in [6.45, 7) is 4.33. The van der Waals surface area contributed by atoms with Crippen molar-refractivity contribution in [1.29, 1.82) is 0 Å². The minimum atomic E-state index is 0.441. The van der Waals surface area contributed by atoms with Crippen LogP contribution in [0.4, 0.5) is 0 Å². The Hall–Kier alpha value is -0.570. The molecule has 2 heterocycles. The Morgan fingerprint density at radius 3 is 2.22 bits per heavy atom. The average molecular weight is 250 g/mol. The number of hydrogen-bond acceptors (Lipinski definition) is 2. The summed E-state index contributed by atoms with van der Waals surface area (Å²) >= 11 is 0. The summed E-state index contributed by atoms with van der Waals surface area (Å²) in [5.41, 5.74) is 0. The predicted molar refractivity (Wildman–Crippen MR) is 72.2 cm³/mol. The Labute approximate surface area is 110 Å². The van der Waals surface area contributed by atoms with E-state index in [1.54, 1.807) is 0 Å². The Bertz CT molecular complexity index is 285. The highest BCUT2D eigenvalue weighted by atomic mass is 16.2. The van der Waals surface area contributed by atoms with Crippen molar-refractivity contribution in [1.82, 2.24) is 10.2 Å². The van der Waals surface area contributed by atoms with Gasteiger partial charge in [-0.05, 0) is 56.5 Å². The van der Waals surface area contributed by atoms with E-state index >= 15 is 0 Å². The fourth-order valence-electron chi connectivity index (χ4n) is 4.07. The molecular weight excluding hydrogens is 224 g/mol. The first-order valence-electron chi connectivity index (χ1n) is 7.81. The van der Waals surface area contributed by atoms with Gasteiger partial charge >= 0.3 is 0 Å². The number of carbonyl (C=O) groups excluding carboxylic acids is 1. The molecule has 1 N–H and O–H groups in total. The number of fused-ring (bicyclic) bond motifs is 1. The van der Waals surface area contributed by atoms with Gasteiger partial charge in [-0.3, -0.25) is 4.79 Å². The maximum absolute atomic E-state index is 12.4. The second-order valence-corrected chi connectivity index (χ2v) is 6.50. The molecule has 3 aliphatic rings. The summed E-state index contributed by atoms with van der Waals surface area (Å²) in [7, 11) is 0. The molecule has 102 valence electrons. The molecule has 0 aromatic heterocycles. The summed E-state index contributed by atoms with van der Waals surface area (Å²) in [5.74, 6) is 2.74. The summed E-state index contributed by atoms with van der Waals surface area (Å²) in [5, 5.41) is 3.37. The summed E-state index contributed by atoms with van der Waals surface area (Å²) in [4.78, 5) is 14.5. The minimum Gasteiger partial charge on any atom is -0.342 e. The van der Waals surface area contributed by atoms with Crippen molar-refractivity contribution in [2.75, 3.05) is 26.2 Å². The normalized spacial score (nSPS) is 33.4. The lowest BCUT2D eigenvalue weighted by Crippen LogP contribution is -2.34. The first-order chi connectivity index (χ1) is 8.83. The van der Waals surface area contributed by atoms with E-state index in [1.165, 1.54) is 38.5 Å². The number of hydrogen-bond donors (Lipinski definition) is 1. The third-order valence-electron chi connectivity index (χ3n) is 5.25. The van der Waals surface area contributed by atoms with Gasteiger partial charge in [-0.15, -0.1) is 0 Å². The number of amides is 1. The van der Waals surface area contributed by atoms with Gasteiger partial charge in [-0.2, -0.15) is 0 Å². The van der Waals surface area contributed by atoms with E-state index in [9.17, 15) is 4.79 Å². The van der Waals surface area contributed by atoms with Crippen LogP contribution < -0.4 is 5.32 Å². The predicted octanol–water partition coefficient (Wildman–Crippen LogP) is 2.02. The van der Waals surface area contributed by atoms with Gasteiger partial charge in [0.25, 0.3) is 0 Å². The van der Waals surface area contributed by atoms with Crippen LogP contribution in [0.3, 0.4) is 0 Å². The second kappa shape index (κ2) is 5.60. The van der Waals surface area contributed by atoms with E-state index in [0.717, 1.165) is 44.4 Å². The molecule has 1 saturated carbocycles. The topological polar surface area (TPSA) is 32.3 Å². The molecule has 0 spiro atoms. The van der Waals surface area contributed by atoms with Gasteiger partial charge in [-0.25, -0.2) is 0 Å². The lowest BCUT2D eigenvalue weighted by molar-refractivity contribution is -0.131. The second-order valence-electron chi connectivity index (χ2n) is 6.50. The Balaban J connectivity index is 1.50. The molecule has 0 aromatic carbocycles. The van der Waals surface area contributed by atoms with Crippen molar-refractivity contribution >= 4 is 5.91 Å². The molecule has 18 heavy (non-hydrogen) atoms. The van der Waals surface area contributed by atoms with E-state index in [0.29, 0.717) is 11.8 Å². The van der Waals surface area contributed by atoms with Crippen molar-refractivity contribution in [2.45, 2.75) is 44.9 Å². The standard InChI is InChI=1S/C15H26N2O/c18-15(9-12-5-7-16-8-6-12)17-10-13-3-1-2-4-14(13)11-17/h12-14,16H,1-11H2. The number of carbonyl (C=O) groups is 1. The SMILES string of the molecule is O=C(CC1CCNCC1)N1CC2CCCCC2C1. The summed E-state index contributed by atoms with van der Waals surface area (Å²) in [6.07, 6.45) is 8.68. The van der Waals surface area contributed by atoms with Crippen LogP contribution in [-0.4, -0.2) is 37.0 Å². The van der Waals surface area contributed by atoms with Gasteiger partial charge in [0.2, 0.25) is 5.91 Å². The smallest absolute Gasteiger partial charge is 0.222 e. The molecule has 0 aromatic rings. The Morgan fingerprint density at radius 1 is 1.00 bits per heavy atom. The molecule has 3 heteroatoms. The Kier molecular flexibility index (Phi) is 3.88. The molecule has 3 nitrogen and oxygen atoms in total. The molecule has 2 saturated heterocycles. The lowest BCUT2D eigenvalue weighted by atomic mass is 9.82. The molecule has 3 rings (SSSR count). The maximum atomic E-state index is 12.4. The zero-order chi connectivity index (χ0) is 12.4. The van der Waals surface area contributed by atoms with E-state index in [2.05, 4.69) is 10.2 Å². The molecule has 0 radical (unpaired) electrons. The zero-order valence-electron chi connectivity index (χ0n) is 11.4. The monoisotopic (exact) mass is 250 g/mol. The van der Waals surface area contributed by atoms with Gasteiger partial charge in [0.15, 0.2) is 0 Å². The van der Waals surface area contributed by atoms with Crippen LogP contribution in [0.2, 0.25) is 0 Å². The third kappa shape index (κ3) is 2.71. The summed E-state index contributed by atoms with van der Waals surface area (Å²) in [6, 6.07) is 0. The van der Waals surface area contributed by atoms with Crippen LogP contribution in [0.5, 0.6) is 0 Å². The number of nitrogens with one attached hydrogen (secondary N) is 1. The quantitative estimate of drug-likeness (QED) is 0.813. The molecule has 2 aliphatic heterocycles. The van der Waals surface area contributed by atoms with Gasteiger partial charge in [0.1, 0.15) is 0 Å².